The Bertz CT molecular complexity index is 138. The van der Waals surface area contributed by atoms with E-state index in [2.05, 4.69) is 32.7 Å². The Balaban J connectivity index is 0.00000144. The predicted octanol–water partition coefficient (Wildman–Crippen LogP) is 1.94. The Kier molecular flexibility index (Phi) is 5.57. The first kappa shape index (κ1) is 12.9. The number of piperidine rings is 1. The lowest BCUT2D eigenvalue weighted by atomic mass is 9.81. The second-order valence-corrected chi connectivity index (χ2v) is 4.36. The Morgan fingerprint density at radius 3 is 2.31 bits per heavy atom. The van der Waals surface area contributed by atoms with Gasteiger partial charge in [-0.1, -0.05) is 26.7 Å². The Hall–Kier alpha value is -0.0800. The number of hydrogen-bond acceptors (Lipinski definition) is 1. The first-order valence-corrected chi connectivity index (χ1v) is 5.39. The van der Waals surface area contributed by atoms with Crippen LogP contribution in [0, 0.1) is 11.8 Å². The van der Waals surface area contributed by atoms with Crippen LogP contribution in [0.25, 0.3) is 0 Å². The molecule has 0 aliphatic carbocycles. The molecule has 1 rings (SSSR count). The highest BCUT2D eigenvalue weighted by Gasteiger charge is 2.28. The van der Waals surface area contributed by atoms with Crippen LogP contribution in [0.15, 0.2) is 0 Å². The van der Waals surface area contributed by atoms with Crippen molar-refractivity contribution >= 4 is 0 Å². The normalized spacial score (nSPS) is 35.5. The van der Waals surface area contributed by atoms with Gasteiger partial charge in [0.1, 0.15) is 0 Å². The molecule has 1 aliphatic heterocycles. The van der Waals surface area contributed by atoms with Crippen LogP contribution in [0.5, 0.6) is 0 Å². The van der Waals surface area contributed by atoms with Gasteiger partial charge >= 0.3 is 0 Å². The molecule has 13 heavy (non-hydrogen) atoms. The van der Waals surface area contributed by atoms with E-state index >= 15 is 0 Å². The fourth-order valence-corrected chi connectivity index (χ4v) is 2.44. The van der Waals surface area contributed by atoms with Crippen LogP contribution >= 0.6 is 0 Å². The van der Waals surface area contributed by atoms with E-state index in [1.807, 2.05) is 0 Å². The van der Waals surface area contributed by atoms with Crippen molar-refractivity contribution in [3.05, 3.63) is 0 Å². The van der Waals surface area contributed by atoms with E-state index < -0.39 is 0 Å². The minimum absolute atomic E-state index is 0. The van der Waals surface area contributed by atoms with Gasteiger partial charge in [-0.25, -0.2) is 0 Å². The van der Waals surface area contributed by atoms with Gasteiger partial charge in [0, 0.05) is 12.6 Å². The molecule has 0 aromatic carbocycles. The van der Waals surface area contributed by atoms with Crippen LogP contribution in [0.1, 0.15) is 40.0 Å². The zero-order valence-corrected chi connectivity index (χ0v) is 9.51. The lowest BCUT2D eigenvalue weighted by molar-refractivity contribution is 0.0855. The lowest BCUT2D eigenvalue weighted by Crippen LogP contribution is -2.44. The average molecular weight is 187 g/mol. The second kappa shape index (κ2) is 5.61. The van der Waals surface area contributed by atoms with Crippen LogP contribution in [0.4, 0.5) is 0 Å². The summed E-state index contributed by atoms with van der Waals surface area (Å²) in [6, 6.07) is 0.804. The largest absolute Gasteiger partial charge is 0.412 e. The summed E-state index contributed by atoms with van der Waals surface area (Å²) in [5, 5.41) is 0. The highest BCUT2D eigenvalue weighted by Crippen LogP contribution is 2.29. The first-order chi connectivity index (χ1) is 5.69. The highest BCUT2D eigenvalue weighted by atomic mass is 16.0. The monoisotopic (exact) mass is 187 g/mol. The van der Waals surface area contributed by atoms with E-state index in [0.717, 1.165) is 17.9 Å². The fraction of sp³-hybridized carbons (Fsp3) is 1.00. The molecule has 0 bridgehead atoms. The molecular weight excluding hydrogens is 162 g/mol. The van der Waals surface area contributed by atoms with Crippen molar-refractivity contribution in [1.29, 1.82) is 0 Å². The smallest absolute Gasteiger partial charge is 0.00922 e. The van der Waals surface area contributed by atoms with Gasteiger partial charge < -0.3 is 10.4 Å². The molecule has 0 saturated carbocycles. The zero-order chi connectivity index (χ0) is 9.14. The number of nitrogens with zero attached hydrogens (tertiary/aromatic N) is 1. The highest BCUT2D eigenvalue weighted by molar-refractivity contribution is 4.82. The standard InChI is InChI=1S/C11H23N.H2O/c1-5-10-7-11(6-2)9(3)12(4)8-10;/h9-11H,5-8H2,1-4H3;1H2. The Labute approximate surface area is 82.6 Å². The fourth-order valence-electron chi connectivity index (χ4n) is 2.44. The molecule has 3 unspecified atom stereocenters. The summed E-state index contributed by atoms with van der Waals surface area (Å²) < 4.78 is 0. The number of rotatable bonds is 2. The summed E-state index contributed by atoms with van der Waals surface area (Å²) in [6.45, 7) is 8.34. The van der Waals surface area contributed by atoms with Gasteiger partial charge in [-0.15, -0.1) is 0 Å². The van der Waals surface area contributed by atoms with Gasteiger partial charge in [-0.3, -0.25) is 0 Å². The first-order valence-electron chi connectivity index (χ1n) is 5.39. The van der Waals surface area contributed by atoms with Crippen LogP contribution < -0.4 is 0 Å². The summed E-state index contributed by atoms with van der Waals surface area (Å²) >= 11 is 0. The van der Waals surface area contributed by atoms with E-state index in [9.17, 15) is 0 Å². The summed E-state index contributed by atoms with van der Waals surface area (Å²) in [4.78, 5) is 2.53. The molecule has 0 aromatic rings. The van der Waals surface area contributed by atoms with Crippen molar-refractivity contribution in [2.75, 3.05) is 13.6 Å². The maximum Gasteiger partial charge on any atom is 0.00922 e. The van der Waals surface area contributed by atoms with Crippen LogP contribution in [-0.4, -0.2) is 30.0 Å². The molecule has 2 N–H and O–H groups in total. The third-order valence-electron chi connectivity index (χ3n) is 3.66. The summed E-state index contributed by atoms with van der Waals surface area (Å²) in [7, 11) is 2.27. The summed E-state index contributed by atoms with van der Waals surface area (Å²) in [6.07, 6.45) is 4.16. The average Bonchev–Trinajstić information content (AvgIpc) is 2.09. The molecule has 1 aliphatic rings. The molecule has 0 radical (unpaired) electrons. The molecule has 80 valence electrons. The van der Waals surface area contributed by atoms with E-state index in [0.29, 0.717) is 0 Å². The minimum Gasteiger partial charge on any atom is -0.412 e. The van der Waals surface area contributed by atoms with Crippen molar-refractivity contribution < 1.29 is 5.48 Å². The van der Waals surface area contributed by atoms with Crippen molar-refractivity contribution in [2.45, 2.75) is 46.1 Å². The van der Waals surface area contributed by atoms with Crippen molar-refractivity contribution in [1.82, 2.24) is 4.90 Å². The topological polar surface area (TPSA) is 34.7 Å². The molecule has 3 atom stereocenters. The molecule has 1 fully saturated rings. The molecule has 0 spiro atoms. The molecule has 2 heteroatoms. The van der Waals surface area contributed by atoms with Gasteiger partial charge in [0.05, 0.1) is 0 Å². The summed E-state index contributed by atoms with van der Waals surface area (Å²) in [5.41, 5.74) is 0. The SMILES string of the molecule is CCC1CC(CC)C(C)N(C)C1.O. The maximum absolute atomic E-state index is 2.53. The molecule has 1 heterocycles. The van der Waals surface area contributed by atoms with E-state index in [4.69, 9.17) is 0 Å². The van der Waals surface area contributed by atoms with Crippen molar-refractivity contribution in [3.8, 4) is 0 Å². The lowest BCUT2D eigenvalue weighted by Gasteiger charge is -2.41. The van der Waals surface area contributed by atoms with Gasteiger partial charge in [-0.05, 0) is 32.2 Å². The second-order valence-electron chi connectivity index (χ2n) is 4.36. The maximum atomic E-state index is 2.53. The minimum atomic E-state index is 0. The van der Waals surface area contributed by atoms with Gasteiger partial charge in [0.15, 0.2) is 0 Å². The van der Waals surface area contributed by atoms with Gasteiger partial charge in [-0.2, -0.15) is 0 Å². The molecular formula is C11H25NO. The number of hydrogen-bond donors (Lipinski definition) is 0. The predicted molar refractivity (Wildman–Crippen MR) is 57.9 cm³/mol. The Morgan fingerprint density at radius 1 is 1.23 bits per heavy atom. The summed E-state index contributed by atoms with van der Waals surface area (Å²) in [5.74, 6) is 1.89. The van der Waals surface area contributed by atoms with E-state index in [-0.39, 0.29) is 5.48 Å². The van der Waals surface area contributed by atoms with E-state index in [1.54, 1.807) is 0 Å². The molecule has 0 aromatic heterocycles. The van der Waals surface area contributed by atoms with Crippen molar-refractivity contribution in [2.24, 2.45) is 11.8 Å². The molecule has 0 amide bonds. The number of likely N-dealkylation sites (tertiary alicyclic amines) is 1. The van der Waals surface area contributed by atoms with Gasteiger partial charge in [0.25, 0.3) is 0 Å². The molecule has 1 saturated heterocycles. The quantitative estimate of drug-likeness (QED) is 0.650. The van der Waals surface area contributed by atoms with Crippen LogP contribution in [0.3, 0.4) is 0 Å². The van der Waals surface area contributed by atoms with E-state index in [1.165, 1.54) is 25.8 Å². The Morgan fingerprint density at radius 2 is 1.85 bits per heavy atom. The molecule has 2 nitrogen and oxygen atoms in total. The van der Waals surface area contributed by atoms with Crippen molar-refractivity contribution in [3.63, 3.8) is 0 Å². The zero-order valence-electron chi connectivity index (χ0n) is 9.51. The third-order valence-corrected chi connectivity index (χ3v) is 3.66. The van der Waals surface area contributed by atoms with Crippen LogP contribution in [0.2, 0.25) is 0 Å². The van der Waals surface area contributed by atoms with Gasteiger partial charge in [0.2, 0.25) is 0 Å². The third kappa shape index (κ3) is 2.96. The van der Waals surface area contributed by atoms with Crippen LogP contribution in [-0.2, 0) is 0 Å².